The molecule has 3 rings (SSSR count). The van der Waals surface area contributed by atoms with Gasteiger partial charge in [-0.25, -0.2) is 4.98 Å². The summed E-state index contributed by atoms with van der Waals surface area (Å²) in [6.07, 6.45) is 0. The van der Waals surface area contributed by atoms with Gasteiger partial charge in [-0.3, -0.25) is 10.1 Å². The van der Waals surface area contributed by atoms with Crippen LogP contribution in [0, 0.1) is 10.1 Å². The van der Waals surface area contributed by atoms with E-state index in [4.69, 9.17) is 0 Å². The highest BCUT2D eigenvalue weighted by molar-refractivity contribution is 8.01. The molecule has 0 radical (unpaired) electrons. The smallest absolute Gasteiger partial charge is 0.258 e. The van der Waals surface area contributed by atoms with Gasteiger partial charge in [0.15, 0.2) is 4.34 Å². The van der Waals surface area contributed by atoms with Crippen LogP contribution in [0.25, 0.3) is 10.2 Å². The van der Waals surface area contributed by atoms with E-state index >= 15 is 0 Å². The molecule has 106 valence electrons. The molecule has 4 nitrogen and oxygen atoms in total. The first-order chi connectivity index (χ1) is 10.1. The van der Waals surface area contributed by atoms with E-state index in [9.17, 15) is 10.1 Å². The highest BCUT2D eigenvalue weighted by Gasteiger charge is 2.13. The minimum Gasteiger partial charge on any atom is -0.258 e. The summed E-state index contributed by atoms with van der Waals surface area (Å²) in [6.45, 7) is 2.13. The molecule has 0 fully saturated rings. The molecule has 1 aromatic heterocycles. The van der Waals surface area contributed by atoms with Crippen molar-refractivity contribution in [3.63, 3.8) is 0 Å². The molecule has 1 heterocycles. The van der Waals surface area contributed by atoms with Crippen LogP contribution >= 0.6 is 23.1 Å². The number of nitro benzene ring substituents is 1. The molecule has 0 aliphatic carbocycles. The largest absolute Gasteiger partial charge is 0.270 e. The van der Waals surface area contributed by atoms with Crippen LogP contribution in [-0.4, -0.2) is 9.91 Å². The lowest BCUT2D eigenvalue weighted by Crippen LogP contribution is -1.86. The van der Waals surface area contributed by atoms with Crippen LogP contribution in [0.3, 0.4) is 0 Å². The van der Waals surface area contributed by atoms with Crippen LogP contribution < -0.4 is 0 Å². The molecule has 2 aromatic carbocycles. The lowest BCUT2D eigenvalue weighted by molar-refractivity contribution is -0.384. The van der Waals surface area contributed by atoms with Crippen molar-refractivity contribution in [1.29, 1.82) is 0 Å². The summed E-state index contributed by atoms with van der Waals surface area (Å²) in [5.41, 5.74) is 2.17. The van der Waals surface area contributed by atoms with Crippen LogP contribution in [-0.2, 0) is 0 Å². The van der Waals surface area contributed by atoms with E-state index in [1.54, 1.807) is 23.9 Å². The zero-order chi connectivity index (χ0) is 14.8. The van der Waals surface area contributed by atoms with Crippen LogP contribution in [0.5, 0.6) is 0 Å². The van der Waals surface area contributed by atoms with E-state index in [1.807, 2.05) is 18.2 Å². The van der Waals surface area contributed by atoms with Gasteiger partial charge in [-0.2, -0.15) is 0 Å². The van der Waals surface area contributed by atoms with E-state index in [2.05, 4.69) is 24.0 Å². The molecule has 3 aromatic rings. The zero-order valence-electron chi connectivity index (χ0n) is 11.2. The van der Waals surface area contributed by atoms with Crippen molar-refractivity contribution in [1.82, 2.24) is 4.98 Å². The molecule has 0 aliphatic heterocycles. The van der Waals surface area contributed by atoms with Gasteiger partial charge in [-0.15, -0.1) is 11.3 Å². The summed E-state index contributed by atoms with van der Waals surface area (Å²) in [4.78, 5) is 15.0. The molecular weight excluding hydrogens is 304 g/mol. The number of nitro groups is 1. The Labute approximate surface area is 130 Å². The van der Waals surface area contributed by atoms with Crippen molar-refractivity contribution in [3.05, 3.63) is 64.2 Å². The fourth-order valence-corrected chi connectivity index (χ4v) is 4.37. The average molecular weight is 316 g/mol. The molecule has 0 amide bonds. The van der Waals surface area contributed by atoms with Crippen molar-refractivity contribution < 1.29 is 4.92 Å². The first-order valence-electron chi connectivity index (χ1n) is 6.40. The number of rotatable bonds is 4. The molecule has 0 spiro atoms. The van der Waals surface area contributed by atoms with Gasteiger partial charge >= 0.3 is 0 Å². The summed E-state index contributed by atoms with van der Waals surface area (Å²) in [5, 5.41) is 11.1. The second-order valence-electron chi connectivity index (χ2n) is 4.56. The van der Waals surface area contributed by atoms with Gasteiger partial charge in [-0.05, 0) is 18.6 Å². The lowest BCUT2D eigenvalue weighted by atomic mass is 10.2. The lowest BCUT2D eigenvalue weighted by Gasteiger charge is -2.08. The van der Waals surface area contributed by atoms with Gasteiger partial charge in [0, 0.05) is 17.4 Å². The predicted octanol–water partition coefficient (Wildman–Crippen LogP) is 5.06. The Bertz CT molecular complexity index is 787. The van der Waals surface area contributed by atoms with Crippen molar-refractivity contribution in [3.8, 4) is 0 Å². The Balaban J connectivity index is 1.86. The molecule has 6 heteroatoms. The number of fused-ring (bicyclic) bond motifs is 1. The van der Waals surface area contributed by atoms with Gasteiger partial charge in [0.1, 0.15) is 0 Å². The third-order valence-electron chi connectivity index (χ3n) is 3.11. The molecule has 1 atom stereocenters. The average Bonchev–Trinajstić information content (AvgIpc) is 2.89. The number of aromatic nitrogens is 1. The van der Waals surface area contributed by atoms with E-state index in [1.165, 1.54) is 23.0 Å². The standard InChI is InChI=1S/C15H12N2O2S2/c1-10(11-5-3-2-4-6-11)20-15-16-13-8-7-12(17(18)19)9-14(13)21-15/h2-10H,1H3/t10-/m0/s1. The van der Waals surface area contributed by atoms with E-state index in [0.717, 1.165) is 14.6 Å². The topological polar surface area (TPSA) is 56.0 Å². The summed E-state index contributed by atoms with van der Waals surface area (Å²) < 4.78 is 1.79. The molecule has 0 unspecified atom stereocenters. The number of nitrogens with zero attached hydrogens (tertiary/aromatic N) is 2. The summed E-state index contributed by atoms with van der Waals surface area (Å²) in [5.74, 6) is 0. The van der Waals surface area contributed by atoms with Crippen LogP contribution in [0.2, 0.25) is 0 Å². The van der Waals surface area contributed by atoms with Gasteiger partial charge in [0.25, 0.3) is 5.69 Å². The number of hydrogen-bond acceptors (Lipinski definition) is 5. The minimum atomic E-state index is -0.376. The van der Waals surface area contributed by atoms with Crippen molar-refractivity contribution in [2.45, 2.75) is 16.5 Å². The highest BCUT2D eigenvalue weighted by Crippen LogP contribution is 2.39. The minimum absolute atomic E-state index is 0.110. The Kier molecular flexibility index (Phi) is 3.90. The van der Waals surface area contributed by atoms with Crippen LogP contribution in [0.4, 0.5) is 5.69 Å². The van der Waals surface area contributed by atoms with Crippen molar-refractivity contribution >= 4 is 39.0 Å². The molecule has 0 bridgehead atoms. The Morgan fingerprint density at radius 3 is 2.71 bits per heavy atom. The van der Waals surface area contributed by atoms with Crippen LogP contribution in [0.1, 0.15) is 17.7 Å². The number of thiazole rings is 1. The number of hydrogen-bond donors (Lipinski definition) is 0. The fourth-order valence-electron chi connectivity index (χ4n) is 2.00. The van der Waals surface area contributed by atoms with E-state index < -0.39 is 0 Å². The predicted molar refractivity (Wildman–Crippen MR) is 87.0 cm³/mol. The molecule has 0 saturated carbocycles. The van der Waals surface area contributed by atoms with E-state index in [-0.39, 0.29) is 10.6 Å². The maximum absolute atomic E-state index is 10.8. The zero-order valence-corrected chi connectivity index (χ0v) is 12.9. The third kappa shape index (κ3) is 3.06. The molecule has 0 aliphatic rings. The Morgan fingerprint density at radius 2 is 2.00 bits per heavy atom. The number of non-ortho nitro benzene ring substituents is 1. The molecule has 0 N–H and O–H groups in total. The Hall–Kier alpha value is -1.92. The SMILES string of the molecule is C[C@H](Sc1nc2ccc([N+](=O)[O-])cc2s1)c1ccccc1. The van der Waals surface area contributed by atoms with Crippen LogP contribution in [0.15, 0.2) is 52.9 Å². The summed E-state index contributed by atoms with van der Waals surface area (Å²) in [7, 11) is 0. The van der Waals surface area contributed by atoms with Gasteiger partial charge in [0.05, 0.1) is 15.1 Å². The van der Waals surface area contributed by atoms with E-state index in [0.29, 0.717) is 5.25 Å². The first-order valence-corrected chi connectivity index (χ1v) is 8.09. The second-order valence-corrected chi connectivity index (χ2v) is 7.18. The quantitative estimate of drug-likeness (QED) is 0.383. The molecule has 0 saturated heterocycles. The monoisotopic (exact) mass is 316 g/mol. The highest BCUT2D eigenvalue weighted by atomic mass is 32.2. The van der Waals surface area contributed by atoms with Crippen molar-refractivity contribution in [2.24, 2.45) is 0 Å². The fraction of sp³-hybridized carbons (Fsp3) is 0.133. The summed E-state index contributed by atoms with van der Waals surface area (Å²) >= 11 is 3.17. The van der Waals surface area contributed by atoms with Gasteiger partial charge in [0.2, 0.25) is 0 Å². The Morgan fingerprint density at radius 1 is 1.24 bits per heavy atom. The van der Waals surface area contributed by atoms with Gasteiger partial charge in [-0.1, -0.05) is 42.1 Å². The molecule has 21 heavy (non-hydrogen) atoms. The maximum atomic E-state index is 10.8. The van der Waals surface area contributed by atoms with Crippen molar-refractivity contribution in [2.75, 3.05) is 0 Å². The third-order valence-corrected chi connectivity index (χ3v) is 5.38. The first kappa shape index (κ1) is 14.0. The number of benzene rings is 2. The maximum Gasteiger partial charge on any atom is 0.270 e. The normalized spacial score (nSPS) is 12.4. The van der Waals surface area contributed by atoms with Gasteiger partial charge < -0.3 is 0 Å². The number of thioether (sulfide) groups is 1. The molecular formula is C15H12N2O2S2. The second kappa shape index (κ2) is 5.83. The summed E-state index contributed by atoms with van der Waals surface area (Å²) in [6, 6.07) is 15.0.